The number of H-pyrrole nitrogens is 1. The van der Waals surface area contributed by atoms with E-state index in [1.807, 2.05) is 32.0 Å². The van der Waals surface area contributed by atoms with Crippen molar-refractivity contribution in [2.45, 2.75) is 13.8 Å². The van der Waals surface area contributed by atoms with Crippen molar-refractivity contribution in [3.8, 4) is 0 Å². The summed E-state index contributed by atoms with van der Waals surface area (Å²) in [6.07, 6.45) is 0. The average Bonchev–Trinajstić information content (AvgIpc) is 2.73. The molecule has 3 rings (SSSR count). The summed E-state index contributed by atoms with van der Waals surface area (Å²) in [5, 5.41) is 3.29. The summed E-state index contributed by atoms with van der Waals surface area (Å²) in [5.74, 6) is -1.70. The lowest BCUT2D eigenvalue weighted by molar-refractivity contribution is -0.136. The lowest BCUT2D eigenvalue weighted by Gasteiger charge is -2.17. The smallest absolute Gasteiger partial charge is 0.339 e. The molecule has 2 aromatic carbocycles. The fourth-order valence-electron chi connectivity index (χ4n) is 3.05. The second-order valence-corrected chi connectivity index (χ2v) is 7.29. The number of hydrogen-bond acceptors (Lipinski definition) is 5. The Morgan fingerprint density at radius 1 is 1.06 bits per heavy atom. The van der Waals surface area contributed by atoms with Gasteiger partial charge in [0, 0.05) is 29.7 Å². The molecule has 160 valence electrons. The summed E-state index contributed by atoms with van der Waals surface area (Å²) in [5.41, 5.74) is 2.71. The first kappa shape index (κ1) is 21.8. The Bertz CT molecular complexity index is 1220. The number of nitrogens with one attached hydrogen (secondary N) is 2. The molecule has 8 heteroatoms. The van der Waals surface area contributed by atoms with Gasteiger partial charge in [0.25, 0.3) is 5.91 Å². The number of aromatic nitrogens is 1. The van der Waals surface area contributed by atoms with E-state index in [9.17, 15) is 19.2 Å². The van der Waals surface area contributed by atoms with Crippen molar-refractivity contribution >= 4 is 34.4 Å². The van der Waals surface area contributed by atoms with Crippen LogP contribution in [0.3, 0.4) is 0 Å². The number of esters is 1. The van der Waals surface area contributed by atoms with E-state index in [-0.39, 0.29) is 18.0 Å². The normalized spacial score (nSPS) is 10.5. The van der Waals surface area contributed by atoms with Crippen LogP contribution in [-0.4, -0.2) is 47.9 Å². The standard InChI is InChI=1S/C23H23N3O5/c1-14-8-9-15(2)19(10-14)25-21(28)12-26(3)22(29)13-31-23(30)17-11-20(27)24-18-7-5-4-6-16(17)18/h4-11H,12-13H2,1-3H3,(H,24,27)(H,25,28). The van der Waals surface area contributed by atoms with E-state index in [0.29, 0.717) is 16.6 Å². The first-order valence-electron chi connectivity index (χ1n) is 9.65. The van der Waals surface area contributed by atoms with E-state index >= 15 is 0 Å². The number of anilines is 1. The minimum absolute atomic E-state index is 0.0717. The highest BCUT2D eigenvalue weighted by atomic mass is 16.5. The molecule has 0 saturated carbocycles. The second kappa shape index (κ2) is 9.25. The third kappa shape index (κ3) is 5.36. The molecule has 8 nitrogen and oxygen atoms in total. The van der Waals surface area contributed by atoms with E-state index in [0.717, 1.165) is 17.2 Å². The summed E-state index contributed by atoms with van der Waals surface area (Å²) in [6.45, 7) is 3.05. The van der Waals surface area contributed by atoms with Gasteiger partial charge in [0.1, 0.15) is 0 Å². The van der Waals surface area contributed by atoms with Crippen LogP contribution in [-0.2, 0) is 14.3 Å². The first-order valence-corrected chi connectivity index (χ1v) is 9.65. The fraction of sp³-hybridized carbons (Fsp3) is 0.217. The zero-order valence-corrected chi connectivity index (χ0v) is 17.5. The van der Waals surface area contributed by atoms with Crippen LogP contribution in [0.25, 0.3) is 10.9 Å². The van der Waals surface area contributed by atoms with Gasteiger partial charge in [-0.25, -0.2) is 4.79 Å². The topological polar surface area (TPSA) is 109 Å². The van der Waals surface area contributed by atoms with Gasteiger partial charge >= 0.3 is 5.97 Å². The van der Waals surface area contributed by atoms with Crippen LogP contribution in [0.5, 0.6) is 0 Å². The number of benzene rings is 2. The zero-order chi connectivity index (χ0) is 22.5. The number of aromatic amines is 1. The summed E-state index contributed by atoms with van der Waals surface area (Å²) >= 11 is 0. The van der Waals surface area contributed by atoms with Crippen LogP contribution in [0.1, 0.15) is 21.5 Å². The van der Waals surface area contributed by atoms with Gasteiger partial charge in [-0.1, -0.05) is 30.3 Å². The number of aryl methyl sites for hydroxylation is 2. The molecule has 1 aromatic heterocycles. The van der Waals surface area contributed by atoms with Crippen LogP contribution < -0.4 is 10.9 Å². The Balaban J connectivity index is 1.59. The molecule has 0 atom stereocenters. The van der Waals surface area contributed by atoms with Crippen LogP contribution >= 0.6 is 0 Å². The molecule has 0 spiro atoms. The molecule has 3 aromatic rings. The summed E-state index contributed by atoms with van der Waals surface area (Å²) in [7, 11) is 1.45. The first-order chi connectivity index (χ1) is 14.7. The quantitative estimate of drug-likeness (QED) is 0.594. The Morgan fingerprint density at radius 2 is 1.81 bits per heavy atom. The SMILES string of the molecule is Cc1ccc(C)c(NC(=O)CN(C)C(=O)COC(=O)c2cc(=O)[nH]c3ccccc23)c1. The third-order valence-corrected chi connectivity index (χ3v) is 4.77. The van der Waals surface area contributed by atoms with E-state index in [4.69, 9.17) is 4.74 Å². The highest BCUT2D eigenvalue weighted by molar-refractivity contribution is 6.03. The summed E-state index contributed by atoms with van der Waals surface area (Å²) in [4.78, 5) is 52.6. The molecule has 2 amide bonds. The van der Waals surface area contributed by atoms with Crippen LogP contribution in [0.2, 0.25) is 0 Å². The molecule has 0 radical (unpaired) electrons. The molecule has 2 N–H and O–H groups in total. The number of likely N-dealkylation sites (N-methyl/N-ethyl adjacent to an activating group) is 1. The minimum atomic E-state index is -0.788. The summed E-state index contributed by atoms with van der Waals surface area (Å²) in [6, 6.07) is 13.6. The molecule has 31 heavy (non-hydrogen) atoms. The van der Waals surface area contributed by atoms with E-state index < -0.39 is 24.0 Å². The van der Waals surface area contributed by atoms with E-state index in [1.54, 1.807) is 24.3 Å². The maximum absolute atomic E-state index is 12.4. The Labute approximate surface area is 178 Å². The predicted octanol–water partition coefficient (Wildman–Crippen LogP) is 2.40. The molecule has 0 bridgehead atoms. The lowest BCUT2D eigenvalue weighted by atomic mass is 10.1. The molecule has 0 aliphatic carbocycles. The van der Waals surface area contributed by atoms with Crippen molar-refractivity contribution < 1.29 is 19.1 Å². The summed E-state index contributed by atoms with van der Waals surface area (Å²) < 4.78 is 5.09. The number of pyridine rings is 1. The van der Waals surface area contributed by atoms with Crippen LogP contribution in [0.4, 0.5) is 5.69 Å². The number of para-hydroxylation sites is 1. The third-order valence-electron chi connectivity index (χ3n) is 4.77. The van der Waals surface area contributed by atoms with Gasteiger partial charge < -0.3 is 19.9 Å². The number of fused-ring (bicyclic) bond motifs is 1. The lowest BCUT2D eigenvalue weighted by Crippen LogP contribution is -2.37. The molecule has 1 heterocycles. The number of rotatable bonds is 6. The number of hydrogen-bond donors (Lipinski definition) is 2. The van der Waals surface area contributed by atoms with Crippen molar-refractivity contribution in [3.63, 3.8) is 0 Å². The van der Waals surface area contributed by atoms with Gasteiger partial charge in [-0.3, -0.25) is 14.4 Å². The van der Waals surface area contributed by atoms with Crippen molar-refractivity contribution in [2.75, 3.05) is 25.5 Å². The number of carbonyl (C=O) groups excluding carboxylic acids is 3. The number of nitrogens with zero attached hydrogens (tertiary/aromatic N) is 1. The van der Waals surface area contributed by atoms with Crippen molar-refractivity contribution in [3.05, 3.63) is 75.6 Å². The molecule has 0 saturated heterocycles. The Morgan fingerprint density at radius 3 is 2.58 bits per heavy atom. The van der Waals surface area contributed by atoms with Crippen molar-refractivity contribution in [1.29, 1.82) is 0 Å². The van der Waals surface area contributed by atoms with Crippen LogP contribution in [0, 0.1) is 13.8 Å². The molecule has 0 aliphatic rings. The second-order valence-electron chi connectivity index (χ2n) is 7.29. The van der Waals surface area contributed by atoms with Gasteiger partial charge in [-0.05, 0) is 37.1 Å². The number of amides is 2. The van der Waals surface area contributed by atoms with Crippen LogP contribution in [0.15, 0.2) is 53.3 Å². The monoisotopic (exact) mass is 421 g/mol. The van der Waals surface area contributed by atoms with Gasteiger partial charge in [0.2, 0.25) is 11.5 Å². The highest BCUT2D eigenvalue weighted by Gasteiger charge is 2.18. The zero-order valence-electron chi connectivity index (χ0n) is 17.5. The maximum Gasteiger partial charge on any atom is 0.339 e. The van der Waals surface area contributed by atoms with Gasteiger partial charge in [-0.15, -0.1) is 0 Å². The van der Waals surface area contributed by atoms with Crippen molar-refractivity contribution in [2.24, 2.45) is 0 Å². The predicted molar refractivity (Wildman–Crippen MR) is 117 cm³/mol. The van der Waals surface area contributed by atoms with Crippen molar-refractivity contribution in [1.82, 2.24) is 9.88 Å². The number of ether oxygens (including phenoxy) is 1. The molecule has 0 fully saturated rings. The average molecular weight is 421 g/mol. The number of carbonyl (C=O) groups is 3. The highest BCUT2D eigenvalue weighted by Crippen LogP contribution is 2.17. The molecule has 0 aliphatic heterocycles. The van der Waals surface area contributed by atoms with Gasteiger partial charge in [-0.2, -0.15) is 0 Å². The molecular weight excluding hydrogens is 398 g/mol. The van der Waals surface area contributed by atoms with E-state index in [2.05, 4.69) is 10.3 Å². The molecular formula is C23H23N3O5. The Hall–Kier alpha value is -3.94. The van der Waals surface area contributed by atoms with Gasteiger partial charge in [0.15, 0.2) is 6.61 Å². The Kier molecular flexibility index (Phi) is 6.49. The minimum Gasteiger partial charge on any atom is -0.452 e. The largest absolute Gasteiger partial charge is 0.452 e. The van der Waals surface area contributed by atoms with E-state index in [1.165, 1.54) is 11.9 Å². The fourth-order valence-corrected chi connectivity index (χ4v) is 3.05. The van der Waals surface area contributed by atoms with Gasteiger partial charge in [0.05, 0.1) is 12.1 Å². The maximum atomic E-state index is 12.4. The molecule has 0 unspecified atom stereocenters.